The molecule has 2 saturated heterocycles. The number of rotatable bonds is 3. The van der Waals surface area contributed by atoms with Gasteiger partial charge < -0.3 is 10.2 Å². The maximum atomic E-state index is 11.9. The number of carbonyl (C=O) groups excluding carboxylic acids is 2. The van der Waals surface area contributed by atoms with E-state index >= 15 is 0 Å². The van der Waals surface area contributed by atoms with Crippen molar-refractivity contribution in [2.75, 3.05) is 13.6 Å². The van der Waals surface area contributed by atoms with Gasteiger partial charge in [0.1, 0.15) is 0 Å². The minimum Gasteiger partial charge on any atom is -0.364 e. The van der Waals surface area contributed by atoms with Crippen LogP contribution in [0.3, 0.4) is 0 Å². The Hall–Kier alpha value is -1.62. The smallest absolute Gasteiger partial charge is 0.280 e. The highest BCUT2D eigenvalue weighted by molar-refractivity contribution is 7.80. The minimum absolute atomic E-state index is 0.0582. The van der Waals surface area contributed by atoms with E-state index in [1.165, 1.54) is 13.1 Å². The zero-order valence-corrected chi connectivity index (χ0v) is 12.1. The molecule has 2 rings (SSSR count). The molecule has 0 saturated carbocycles. The summed E-state index contributed by atoms with van der Waals surface area (Å²) >= 11 is 10.1. The first-order valence-corrected chi connectivity index (χ1v) is 6.36. The molecule has 2 fully saturated rings. The van der Waals surface area contributed by atoms with Crippen LogP contribution in [0.15, 0.2) is 12.7 Å². The van der Waals surface area contributed by atoms with E-state index in [0.29, 0.717) is 0 Å². The highest BCUT2D eigenvalue weighted by Crippen LogP contribution is 2.25. The van der Waals surface area contributed by atoms with Crippen molar-refractivity contribution >= 4 is 46.5 Å². The summed E-state index contributed by atoms with van der Waals surface area (Å²) in [6.07, 6.45) is -1.83. The molecule has 2 amide bonds. The van der Waals surface area contributed by atoms with Crippen molar-refractivity contribution in [1.82, 2.24) is 19.8 Å². The third kappa shape index (κ3) is 1.88. The number of aliphatic hydroxyl groups is 2. The lowest BCUT2D eigenvalue weighted by atomic mass is 10.5. The van der Waals surface area contributed by atoms with Crippen LogP contribution in [-0.4, -0.2) is 78.1 Å². The van der Waals surface area contributed by atoms with Crippen molar-refractivity contribution in [3.05, 3.63) is 12.7 Å². The van der Waals surface area contributed by atoms with Crippen LogP contribution in [0.2, 0.25) is 0 Å². The lowest BCUT2D eigenvalue weighted by Crippen LogP contribution is -2.54. The van der Waals surface area contributed by atoms with Crippen molar-refractivity contribution in [1.29, 1.82) is 0 Å². The summed E-state index contributed by atoms with van der Waals surface area (Å²) in [5, 5.41) is 21.6. The van der Waals surface area contributed by atoms with Gasteiger partial charge in [-0.15, -0.1) is 6.58 Å². The quantitative estimate of drug-likeness (QED) is 0.466. The summed E-state index contributed by atoms with van der Waals surface area (Å²) < 4.78 is 0. The van der Waals surface area contributed by atoms with Crippen LogP contribution < -0.4 is 0 Å². The molecule has 0 bridgehead atoms. The molecule has 20 heavy (non-hydrogen) atoms. The molecule has 2 aliphatic rings. The first-order valence-electron chi connectivity index (χ1n) is 5.55. The number of nitrogens with zero attached hydrogens (tertiary/aromatic N) is 4. The SMILES string of the molecule is C=CCN1C(=O)C(O)N(N2C(=S)N(C)C(=O)C2O)C1=S. The number of hydrogen-bond acceptors (Lipinski definition) is 6. The molecule has 2 unspecified atom stereocenters. The van der Waals surface area contributed by atoms with Crippen LogP contribution >= 0.6 is 24.4 Å². The Labute approximate surface area is 125 Å². The summed E-state index contributed by atoms with van der Waals surface area (Å²) in [5.74, 6) is -1.34. The zero-order valence-electron chi connectivity index (χ0n) is 10.5. The Bertz CT molecular complexity index is 525. The van der Waals surface area contributed by atoms with E-state index in [4.69, 9.17) is 24.4 Å². The summed E-state index contributed by atoms with van der Waals surface area (Å²) in [4.78, 5) is 25.7. The number of hydrazine groups is 1. The number of carbonyl (C=O) groups is 2. The summed E-state index contributed by atoms with van der Waals surface area (Å²) in [6, 6.07) is 0. The van der Waals surface area contributed by atoms with Crippen molar-refractivity contribution < 1.29 is 19.8 Å². The number of likely N-dealkylation sites (N-methyl/N-ethyl adjacent to an activating group) is 1. The lowest BCUT2D eigenvalue weighted by Gasteiger charge is -2.32. The van der Waals surface area contributed by atoms with E-state index in [0.717, 1.165) is 19.8 Å². The fourth-order valence-electron chi connectivity index (χ4n) is 1.91. The predicted octanol–water partition coefficient (Wildman–Crippen LogP) is -1.79. The van der Waals surface area contributed by atoms with E-state index in [2.05, 4.69) is 6.58 Å². The number of aliphatic hydroxyl groups excluding tert-OH is 2. The van der Waals surface area contributed by atoms with E-state index in [-0.39, 0.29) is 16.8 Å². The van der Waals surface area contributed by atoms with Crippen LogP contribution in [-0.2, 0) is 9.59 Å². The molecule has 108 valence electrons. The molecule has 8 nitrogen and oxygen atoms in total. The third-order valence-electron chi connectivity index (χ3n) is 2.96. The maximum Gasteiger partial charge on any atom is 0.280 e. The van der Waals surface area contributed by atoms with Gasteiger partial charge in [-0.1, -0.05) is 6.08 Å². The molecule has 0 aliphatic carbocycles. The molecular weight excluding hydrogens is 304 g/mol. The maximum absolute atomic E-state index is 11.9. The molecular formula is C10H12N4O4S2. The van der Waals surface area contributed by atoms with Gasteiger partial charge in [-0.2, -0.15) is 0 Å². The molecule has 2 N–H and O–H groups in total. The molecule has 0 radical (unpaired) electrons. The van der Waals surface area contributed by atoms with Crippen LogP contribution in [0.1, 0.15) is 0 Å². The predicted molar refractivity (Wildman–Crippen MR) is 75.6 cm³/mol. The largest absolute Gasteiger partial charge is 0.364 e. The Morgan fingerprint density at radius 2 is 1.65 bits per heavy atom. The third-order valence-corrected chi connectivity index (χ3v) is 3.82. The normalized spacial score (nSPS) is 27.1. The molecule has 0 aromatic heterocycles. The topological polar surface area (TPSA) is 87.6 Å². The van der Waals surface area contributed by atoms with Crippen molar-refractivity contribution in [2.24, 2.45) is 0 Å². The minimum atomic E-state index is -1.64. The van der Waals surface area contributed by atoms with Gasteiger partial charge in [0.2, 0.25) is 17.6 Å². The van der Waals surface area contributed by atoms with Crippen molar-refractivity contribution in [3.63, 3.8) is 0 Å². The molecule has 2 aliphatic heterocycles. The number of amides is 2. The average Bonchev–Trinajstić information content (AvgIpc) is 2.73. The van der Waals surface area contributed by atoms with Crippen molar-refractivity contribution in [3.8, 4) is 0 Å². The summed E-state index contributed by atoms with van der Waals surface area (Å²) in [7, 11) is 1.38. The van der Waals surface area contributed by atoms with Crippen LogP contribution in [0, 0.1) is 0 Å². The summed E-state index contributed by atoms with van der Waals surface area (Å²) in [6.45, 7) is 3.59. The van der Waals surface area contributed by atoms with Gasteiger partial charge >= 0.3 is 0 Å². The first-order chi connectivity index (χ1) is 9.32. The second-order valence-electron chi connectivity index (χ2n) is 4.14. The number of thiocarbonyl (C=S) groups is 2. The van der Waals surface area contributed by atoms with E-state index < -0.39 is 24.3 Å². The first kappa shape index (κ1) is 14.8. The monoisotopic (exact) mass is 316 g/mol. The van der Waals surface area contributed by atoms with Crippen LogP contribution in [0.5, 0.6) is 0 Å². The molecule has 0 spiro atoms. The summed E-state index contributed by atoms with van der Waals surface area (Å²) in [5.41, 5.74) is 0. The van der Waals surface area contributed by atoms with Crippen LogP contribution in [0.4, 0.5) is 0 Å². The Balaban J connectivity index is 2.36. The van der Waals surface area contributed by atoms with Crippen LogP contribution in [0.25, 0.3) is 0 Å². The molecule has 2 heterocycles. The average molecular weight is 316 g/mol. The van der Waals surface area contributed by atoms with Gasteiger partial charge in [-0.25, -0.2) is 10.0 Å². The Kier molecular flexibility index (Phi) is 3.73. The lowest BCUT2D eigenvalue weighted by molar-refractivity contribution is -0.154. The Morgan fingerprint density at radius 3 is 2.10 bits per heavy atom. The number of hydrogen-bond donors (Lipinski definition) is 2. The van der Waals surface area contributed by atoms with Gasteiger partial charge in [0, 0.05) is 13.6 Å². The van der Waals surface area contributed by atoms with E-state index in [1.807, 2.05) is 0 Å². The Morgan fingerprint density at radius 1 is 1.15 bits per heavy atom. The van der Waals surface area contributed by atoms with Gasteiger partial charge in [-0.05, 0) is 24.4 Å². The second-order valence-corrected chi connectivity index (χ2v) is 4.87. The molecule has 0 aromatic carbocycles. The van der Waals surface area contributed by atoms with Gasteiger partial charge in [0.25, 0.3) is 11.8 Å². The highest BCUT2D eigenvalue weighted by Gasteiger charge is 2.52. The highest BCUT2D eigenvalue weighted by atomic mass is 32.1. The molecule has 2 atom stereocenters. The fraction of sp³-hybridized carbons (Fsp3) is 0.400. The van der Waals surface area contributed by atoms with E-state index in [1.54, 1.807) is 0 Å². The standard InChI is InChI=1S/C10H12N4O4S2/c1-3-4-12-6(16)8(18)14(10(12)20)13-7(17)5(15)11(2)9(13)19/h3,7-8,17-18H,1,4H2,2H3. The van der Waals surface area contributed by atoms with Gasteiger partial charge in [0.15, 0.2) is 5.11 Å². The zero-order chi connectivity index (χ0) is 15.2. The molecule has 10 heteroatoms. The van der Waals surface area contributed by atoms with E-state index in [9.17, 15) is 19.8 Å². The van der Waals surface area contributed by atoms with Crippen molar-refractivity contribution in [2.45, 2.75) is 12.5 Å². The van der Waals surface area contributed by atoms with Gasteiger partial charge in [-0.3, -0.25) is 19.4 Å². The fourth-order valence-corrected chi connectivity index (χ4v) is 2.54. The second kappa shape index (κ2) is 5.05. The molecule has 0 aromatic rings. The van der Waals surface area contributed by atoms with Gasteiger partial charge in [0.05, 0.1) is 0 Å².